The topological polar surface area (TPSA) is 159 Å². The molecule has 0 radical (unpaired) electrons. The highest BCUT2D eigenvalue weighted by atomic mass is 32.1. The number of ether oxygens (including phenoxy) is 2. The van der Waals surface area contributed by atoms with Crippen molar-refractivity contribution in [3.63, 3.8) is 0 Å². The largest absolute Gasteiger partial charge is 0.465 e. The van der Waals surface area contributed by atoms with E-state index in [2.05, 4.69) is 10.3 Å². The number of carbonyl (C=O) groups is 2. The fraction of sp³-hybridized carbons (Fsp3) is 0.400. The van der Waals surface area contributed by atoms with E-state index in [-0.39, 0.29) is 47.3 Å². The molecule has 34 heavy (non-hydrogen) atoms. The number of nitrogens with one attached hydrogen (secondary N) is 1. The number of rotatable bonds is 8. The van der Waals surface area contributed by atoms with Gasteiger partial charge in [-0.05, 0) is 12.5 Å². The van der Waals surface area contributed by atoms with E-state index in [9.17, 15) is 24.5 Å². The zero-order chi connectivity index (χ0) is 24.2. The summed E-state index contributed by atoms with van der Waals surface area (Å²) in [6.07, 6.45) is 0.322. The van der Waals surface area contributed by atoms with Crippen LogP contribution >= 0.6 is 11.3 Å². The standard InChI is InChI=1S/C20H21N5O8S/c1-31-18(27)16-17(22-19(34-16)23-7-9-32-10-8-23)21-15(26)3-2-6-24-13-5-4-12(25(29)30)11-14(13)33-20(24)28/h4-5,11H,2-3,6-10H2,1H3,(H,21,26). The summed E-state index contributed by atoms with van der Waals surface area (Å²) in [5.74, 6) is -1.53. The maximum absolute atomic E-state index is 12.5. The number of hydrogen-bond acceptors (Lipinski definition) is 11. The lowest BCUT2D eigenvalue weighted by Crippen LogP contribution is -2.36. The van der Waals surface area contributed by atoms with Crippen LogP contribution in [0.3, 0.4) is 0 Å². The molecule has 0 unspecified atom stereocenters. The maximum atomic E-state index is 12.5. The van der Waals surface area contributed by atoms with E-state index in [1.165, 1.54) is 29.9 Å². The van der Waals surface area contributed by atoms with E-state index in [4.69, 9.17) is 13.9 Å². The van der Waals surface area contributed by atoms with Gasteiger partial charge in [0.1, 0.15) is 0 Å². The van der Waals surface area contributed by atoms with E-state index >= 15 is 0 Å². The van der Waals surface area contributed by atoms with Crippen LogP contribution in [0.1, 0.15) is 22.5 Å². The number of oxazole rings is 1. The molecular formula is C20H21N5O8S. The van der Waals surface area contributed by atoms with Gasteiger partial charge >= 0.3 is 11.7 Å². The molecule has 3 heterocycles. The Morgan fingerprint density at radius 3 is 2.79 bits per heavy atom. The number of nitro groups is 1. The minimum Gasteiger partial charge on any atom is -0.465 e. The first-order valence-corrected chi connectivity index (χ1v) is 11.2. The number of fused-ring (bicyclic) bond motifs is 1. The monoisotopic (exact) mass is 491 g/mol. The Morgan fingerprint density at radius 1 is 1.32 bits per heavy atom. The van der Waals surface area contributed by atoms with E-state index in [1.54, 1.807) is 0 Å². The Kier molecular flexibility index (Phi) is 6.88. The number of amides is 1. The van der Waals surface area contributed by atoms with Crippen LogP contribution in [0, 0.1) is 10.1 Å². The Hall–Kier alpha value is -3.78. The molecule has 13 nitrogen and oxygen atoms in total. The second-order valence-electron chi connectivity index (χ2n) is 7.35. The molecular weight excluding hydrogens is 470 g/mol. The molecule has 1 amide bonds. The number of aryl methyl sites for hydroxylation is 1. The van der Waals surface area contributed by atoms with Crippen LogP contribution in [0.2, 0.25) is 0 Å². The van der Waals surface area contributed by atoms with Crippen LogP contribution in [0.25, 0.3) is 11.1 Å². The van der Waals surface area contributed by atoms with E-state index in [1.807, 2.05) is 4.90 Å². The highest BCUT2D eigenvalue weighted by Crippen LogP contribution is 2.31. The van der Waals surface area contributed by atoms with Crippen LogP contribution in [-0.2, 0) is 20.8 Å². The minimum atomic E-state index is -0.668. The van der Waals surface area contributed by atoms with Crippen LogP contribution < -0.4 is 16.0 Å². The predicted octanol–water partition coefficient (Wildman–Crippen LogP) is 2.00. The number of non-ortho nitro benzene ring substituents is 1. The zero-order valence-electron chi connectivity index (χ0n) is 18.1. The van der Waals surface area contributed by atoms with Crippen molar-refractivity contribution in [1.82, 2.24) is 9.55 Å². The second-order valence-corrected chi connectivity index (χ2v) is 8.32. The predicted molar refractivity (Wildman–Crippen MR) is 121 cm³/mol. The van der Waals surface area contributed by atoms with Gasteiger partial charge in [0.15, 0.2) is 21.4 Å². The third-order valence-electron chi connectivity index (χ3n) is 5.17. The smallest absolute Gasteiger partial charge is 0.419 e. The SMILES string of the molecule is COC(=O)c1sc(N2CCOCC2)nc1NC(=O)CCCn1c(=O)oc2cc([N+](=O)[O-])ccc21. The number of carbonyl (C=O) groups excluding carboxylic acids is 2. The molecule has 1 aliphatic heterocycles. The molecule has 1 aromatic carbocycles. The van der Waals surface area contributed by atoms with Gasteiger partial charge in [-0.1, -0.05) is 11.3 Å². The average molecular weight is 491 g/mol. The molecule has 3 aromatic rings. The lowest BCUT2D eigenvalue weighted by Gasteiger charge is -2.25. The summed E-state index contributed by atoms with van der Waals surface area (Å²) >= 11 is 1.13. The second kappa shape index (κ2) is 10.0. The third-order valence-corrected chi connectivity index (χ3v) is 6.27. The van der Waals surface area contributed by atoms with Crippen molar-refractivity contribution in [2.45, 2.75) is 19.4 Å². The van der Waals surface area contributed by atoms with Crippen molar-refractivity contribution >= 4 is 50.9 Å². The summed E-state index contributed by atoms with van der Waals surface area (Å²) in [5.41, 5.74) is 0.317. The molecule has 4 rings (SSSR count). The van der Waals surface area contributed by atoms with Crippen LogP contribution in [-0.4, -0.2) is 59.8 Å². The Morgan fingerprint density at radius 2 is 2.09 bits per heavy atom. The van der Waals surface area contributed by atoms with Gasteiger partial charge in [0.25, 0.3) is 5.69 Å². The molecule has 0 spiro atoms. The van der Waals surface area contributed by atoms with Gasteiger partial charge in [-0.25, -0.2) is 14.6 Å². The molecule has 1 N–H and O–H groups in total. The first-order valence-electron chi connectivity index (χ1n) is 10.4. The number of methoxy groups -OCH3 is 1. The summed E-state index contributed by atoms with van der Waals surface area (Å²) in [4.78, 5) is 53.8. The van der Waals surface area contributed by atoms with E-state index < -0.39 is 16.6 Å². The van der Waals surface area contributed by atoms with Crippen molar-refractivity contribution < 1.29 is 28.4 Å². The van der Waals surface area contributed by atoms with Crippen LogP contribution in [0.15, 0.2) is 27.4 Å². The van der Waals surface area contributed by atoms with Crippen molar-refractivity contribution in [2.24, 2.45) is 0 Å². The number of morpholine rings is 1. The first kappa shape index (κ1) is 23.4. The molecule has 2 aromatic heterocycles. The number of hydrogen-bond donors (Lipinski definition) is 1. The van der Waals surface area contributed by atoms with Gasteiger partial charge in [0.05, 0.1) is 36.8 Å². The number of nitro benzene ring substituents is 1. The number of esters is 1. The molecule has 1 aliphatic rings. The van der Waals surface area contributed by atoms with Crippen molar-refractivity contribution in [2.75, 3.05) is 43.6 Å². The van der Waals surface area contributed by atoms with Gasteiger partial charge in [0, 0.05) is 32.1 Å². The minimum absolute atomic E-state index is 0.0388. The fourth-order valence-corrected chi connectivity index (χ4v) is 4.48. The van der Waals surface area contributed by atoms with Gasteiger partial charge in [-0.15, -0.1) is 0 Å². The van der Waals surface area contributed by atoms with Crippen molar-refractivity contribution in [3.05, 3.63) is 43.7 Å². The Bertz CT molecular complexity index is 1290. The molecule has 0 aliphatic carbocycles. The zero-order valence-corrected chi connectivity index (χ0v) is 19.0. The van der Waals surface area contributed by atoms with Crippen LogP contribution in [0.4, 0.5) is 16.6 Å². The maximum Gasteiger partial charge on any atom is 0.419 e. The summed E-state index contributed by atoms with van der Waals surface area (Å²) in [7, 11) is 1.25. The Balaban J connectivity index is 1.42. The summed E-state index contributed by atoms with van der Waals surface area (Å²) in [5, 5.41) is 14.1. The number of thiazole rings is 1. The van der Waals surface area contributed by atoms with Crippen molar-refractivity contribution in [3.8, 4) is 0 Å². The lowest BCUT2D eigenvalue weighted by atomic mass is 10.2. The lowest BCUT2D eigenvalue weighted by molar-refractivity contribution is -0.384. The van der Waals surface area contributed by atoms with Gasteiger partial charge < -0.3 is 24.1 Å². The fourth-order valence-electron chi connectivity index (χ4n) is 3.49. The molecule has 180 valence electrons. The summed E-state index contributed by atoms with van der Waals surface area (Å²) in [6, 6.07) is 3.90. The van der Waals surface area contributed by atoms with Gasteiger partial charge in [-0.3, -0.25) is 19.5 Å². The van der Waals surface area contributed by atoms with Crippen LogP contribution in [0.5, 0.6) is 0 Å². The normalized spacial score (nSPS) is 13.7. The molecule has 14 heteroatoms. The van der Waals surface area contributed by atoms with Gasteiger partial charge in [-0.2, -0.15) is 0 Å². The molecule has 0 atom stereocenters. The van der Waals surface area contributed by atoms with Crippen molar-refractivity contribution in [1.29, 1.82) is 0 Å². The number of nitrogens with zero attached hydrogens (tertiary/aromatic N) is 4. The first-order chi connectivity index (χ1) is 16.4. The molecule has 0 bridgehead atoms. The quantitative estimate of drug-likeness (QED) is 0.280. The molecule has 1 fully saturated rings. The highest BCUT2D eigenvalue weighted by Gasteiger charge is 2.24. The number of benzene rings is 1. The number of anilines is 2. The third kappa shape index (κ3) is 4.92. The number of aromatic nitrogens is 2. The Labute approximate surface area is 196 Å². The summed E-state index contributed by atoms with van der Waals surface area (Å²) < 4.78 is 16.5. The molecule has 1 saturated heterocycles. The van der Waals surface area contributed by atoms with E-state index in [0.29, 0.717) is 37.0 Å². The summed E-state index contributed by atoms with van der Waals surface area (Å²) in [6.45, 7) is 2.50. The van der Waals surface area contributed by atoms with Gasteiger partial charge in [0.2, 0.25) is 5.91 Å². The average Bonchev–Trinajstić information content (AvgIpc) is 3.39. The highest BCUT2D eigenvalue weighted by molar-refractivity contribution is 7.18. The van der Waals surface area contributed by atoms with E-state index in [0.717, 1.165) is 11.3 Å². The molecule has 0 saturated carbocycles.